The molecule has 1 aliphatic rings. The molecule has 3 rings (SSSR count). The lowest BCUT2D eigenvalue weighted by molar-refractivity contribution is 0.674. The molecule has 0 fully saturated rings. The van der Waals surface area contributed by atoms with Gasteiger partial charge in [-0.25, -0.2) is 0 Å². The zero-order valence-electron chi connectivity index (χ0n) is 11.6. The van der Waals surface area contributed by atoms with Crippen LogP contribution in [-0.2, 0) is 19.4 Å². The summed E-state index contributed by atoms with van der Waals surface area (Å²) in [5.74, 6) is 0. The molecule has 1 aliphatic carbocycles. The summed E-state index contributed by atoms with van der Waals surface area (Å²) in [6.07, 6.45) is 4.50. The number of nitrogens with one attached hydrogen (secondary N) is 1. The molecule has 4 heteroatoms. The highest BCUT2D eigenvalue weighted by atomic mass is 35.5. The molecule has 0 amide bonds. The maximum Gasteiger partial charge on any atom is 0.0910 e. The van der Waals surface area contributed by atoms with Crippen LogP contribution in [0.4, 0.5) is 0 Å². The fraction of sp³-hybridized carbons (Fsp3) is 0.438. The van der Waals surface area contributed by atoms with Gasteiger partial charge in [-0.05, 0) is 49.4 Å². The van der Waals surface area contributed by atoms with Gasteiger partial charge in [0, 0.05) is 17.6 Å². The van der Waals surface area contributed by atoms with Crippen LogP contribution in [0.1, 0.15) is 36.6 Å². The van der Waals surface area contributed by atoms with Gasteiger partial charge in [-0.1, -0.05) is 36.2 Å². The van der Waals surface area contributed by atoms with Gasteiger partial charge in [-0.3, -0.25) is 4.98 Å². The standard InChI is InChI=1S/C16H18Cl2N2/c1-2-8-19-9-12-10-4-3-5-14(10)20-16-11(12)6-7-13(17)15(16)18/h6-7,19H,2-5,8-9H2,1H3. The number of hydrogen-bond donors (Lipinski definition) is 1. The van der Waals surface area contributed by atoms with Gasteiger partial charge in [-0.2, -0.15) is 0 Å². The lowest BCUT2D eigenvalue weighted by Crippen LogP contribution is -2.16. The molecule has 1 aromatic heterocycles. The Morgan fingerprint density at radius 1 is 1.25 bits per heavy atom. The molecule has 1 aromatic carbocycles. The zero-order chi connectivity index (χ0) is 14.1. The zero-order valence-corrected chi connectivity index (χ0v) is 13.1. The molecule has 20 heavy (non-hydrogen) atoms. The van der Waals surface area contributed by atoms with E-state index in [1.165, 1.54) is 23.2 Å². The fourth-order valence-corrected chi connectivity index (χ4v) is 3.32. The molecule has 0 atom stereocenters. The van der Waals surface area contributed by atoms with Crippen LogP contribution < -0.4 is 5.32 Å². The largest absolute Gasteiger partial charge is 0.313 e. The van der Waals surface area contributed by atoms with E-state index in [4.69, 9.17) is 28.2 Å². The van der Waals surface area contributed by atoms with E-state index in [9.17, 15) is 0 Å². The van der Waals surface area contributed by atoms with E-state index in [-0.39, 0.29) is 0 Å². The Kier molecular flexibility index (Phi) is 4.16. The van der Waals surface area contributed by atoms with Gasteiger partial charge >= 0.3 is 0 Å². The average molecular weight is 309 g/mol. The van der Waals surface area contributed by atoms with Crippen molar-refractivity contribution in [2.24, 2.45) is 0 Å². The molecule has 1 heterocycles. The van der Waals surface area contributed by atoms with Gasteiger partial charge in [0.15, 0.2) is 0 Å². The third-order valence-electron chi connectivity index (χ3n) is 3.92. The van der Waals surface area contributed by atoms with Crippen LogP contribution in [0.2, 0.25) is 10.0 Å². The van der Waals surface area contributed by atoms with Crippen LogP contribution in [0.25, 0.3) is 10.9 Å². The number of rotatable bonds is 4. The quantitative estimate of drug-likeness (QED) is 0.839. The second-order valence-electron chi connectivity index (χ2n) is 5.30. The van der Waals surface area contributed by atoms with E-state index in [0.717, 1.165) is 43.3 Å². The van der Waals surface area contributed by atoms with Gasteiger partial charge in [0.1, 0.15) is 0 Å². The summed E-state index contributed by atoms with van der Waals surface area (Å²) in [5, 5.41) is 5.81. The second-order valence-corrected chi connectivity index (χ2v) is 6.09. The Hall–Kier alpha value is -0.830. The van der Waals surface area contributed by atoms with Crippen LogP contribution in [0.3, 0.4) is 0 Å². The SMILES string of the molecule is CCCNCc1c2c(nc3c(Cl)c(Cl)ccc13)CCC2. The number of fused-ring (bicyclic) bond motifs is 2. The number of pyridine rings is 1. The van der Waals surface area contributed by atoms with E-state index >= 15 is 0 Å². The van der Waals surface area contributed by atoms with E-state index in [1.807, 2.05) is 6.07 Å². The number of hydrogen-bond acceptors (Lipinski definition) is 2. The van der Waals surface area contributed by atoms with Gasteiger partial charge in [0.05, 0.1) is 15.6 Å². The Balaban J connectivity index is 2.16. The Bertz CT molecular complexity index is 653. The summed E-state index contributed by atoms with van der Waals surface area (Å²) in [7, 11) is 0. The average Bonchev–Trinajstić information content (AvgIpc) is 2.91. The Morgan fingerprint density at radius 2 is 2.10 bits per heavy atom. The van der Waals surface area contributed by atoms with Gasteiger partial charge < -0.3 is 5.32 Å². The maximum absolute atomic E-state index is 6.35. The van der Waals surface area contributed by atoms with E-state index in [1.54, 1.807) is 0 Å². The Morgan fingerprint density at radius 3 is 2.90 bits per heavy atom. The van der Waals surface area contributed by atoms with Gasteiger partial charge in [0.2, 0.25) is 0 Å². The molecule has 1 N–H and O–H groups in total. The third kappa shape index (κ3) is 2.41. The number of halogens is 2. The molecule has 0 radical (unpaired) electrons. The third-order valence-corrected chi connectivity index (χ3v) is 4.72. The molecule has 2 nitrogen and oxygen atoms in total. The van der Waals surface area contributed by atoms with Crippen molar-refractivity contribution in [1.29, 1.82) is 0 Å². The first-order chi connectivity index (χ1) is 9.72. The molecular formula is C16H18Cl2N2. The number of nitrogens with zero attached hydrogens (tertiary/aromatic N) is 1. The first-order valence-corrected chi connectivity index (χ1v) is 7.97. The van der Waals surface area contributed by atoms with Crippen molar-refractivity contribution in [2.75, 3.05) is 6.54 Å². The molecule has 0 saturated heterocycles. The predicted octanol–water partition coefficient (Wildman–Crippen LogP) is 4.53. The smallest absolute Gasteiger partial charge is 0.0910 e. The van der Waals surface area contributed by atoms with Crippen LogP contribution in [-0.4, -0.2) is 11.5 Å². The molecule has 2 aromatic rings. The molecule has 0 saturated carbocycles. The van der Waals surface area contributed by atoms with E-state index in [2.05, 4.69) is 18.3 Å². The van der Waals surface area contributed by atoms with Gasteiger partial charge in [0.25, 0.3) is 0 Å². The first-order valence-electron chi connectivity index (χ1n) is 7.21. The summed E-state index contributed by atoms with van der Waals surface area (Å²) in [5.41, 5.74) is 4.83. The number of aromatic nitrogens is 1. The number of benzene rings is 1. The van der Waals surface area contributed by atoms with Crippen molar-refractivity contribution in [3.63, 3.8) is 0 Å². The van der Waals surface area contributed by atoms with Crippen molar-refractivity contribution in [3.8, 4) is 0 Å². The molecule has 0 unspecified atom stereocenters. The van der Waals surface area contributed by atoms with Crippen LogP contribution >= 0.6 is 23.2 Å². The molecule has 0 spiro atoms. The summed E-state index contributed by atoms with van der Waals surface area (Å²) < 4.78 is 0. The summed E-state index contributed by atoms with van der Waals surface area (Å²) in [4.78, 5) is 4.76. The predicted molar refractivity (Wildman–Crippen MR) is 85.8 cm³/mol. The Labute approximate surface area is 129 Å². The molecule has 0 aliphatic heterocycles. The highest BCUT2D eigenvalue weighted by Crippen LogP contribution is 2.35. The maximum atomic E-state index is 6.35. The topological polar surface area (TPSA) is 24.9 Å². The summed E-state index contributed by atoms with van der Waals surface area (Å²) >= 11 is 12.5. The minimum atomic E-state index is 0.579. The minimum Gasteiger partial charge on any atom is -0.313 e. The summed E-state index contributed by atoms with van der Waals surface area (Å²) in [6.45, 7) is 4.09. The number of aryl methyl sites for hydroxylation is 1. The second kappa shape index (κ2) is 5.88. The first kappa shape index (κ1) is 14.1. The van der Waals surface area contributed by atoms with E-state index in [0.29, 0.717) is 10.0 Å². The highest BCUT2D eigenvalue weighted by Gasteiger charge is 2.20. The normalized spacial score (nSPS) is 13.9. The molecular weight excluding hydrogens is 291 g/mol. The highest BCUT2D eigenvalue weighted by molar-refractivity contribution is 6.45. The molecule has 0 bridgehead atoms. The van der Waals surface area contributed by atoms with Crippen LogP contribution in [0.5, 0.6) is 0 Å². The van der Waals surface area contributed by atoms with Crippen LogP contribution in [0.15, 0.2) is 12.1 Å². The lowest BCUT2D eigenvalue weighted by atomic mass is 10.0. The molecule has 106 valence electrons. The van der Waals surface area contributed by atoms with Crippen molar-refractivity contribution in [2.45, 2.75) is 39.2 Å². The lowest BCUT2D eigenvalue weighted by Gasteiger charge is -2.14. The van der Waals surface area contributed by atoms with Crippen molar-refractivity contribution in [1.82, 2.24) is 10.3 Å². The van der Waals surface area contributed by atoms with Crippen molar-refractivity contribution < 1.29 is 0 Å². The fourth-order valence-electron chi connectivity index (χ4n) is 2.96. The van der Waals surface area contributed by atoms with E-state index < -0.39 is 0 Å². The van der Waals surface area contributed by atoms with Crippen molar-refractivity contribution >= 4 is 34.1 Å². The van der Waals surface area contributed by atoms with Gasteiger partial charge in [-0.15, -0.1) is 0 Å². The minimum absolute atomic E-state index is 0.579. The van der Waals surface area contributed by atoms with Crippen molar-refractivity contribution in [3.05, 3.63) is 39.0 Å². The summed E-state index contributed by atoms with van der Waals surface area (Å²) in [6, 6.07) is 3.93. The van der Waals surface area contributed by atoms with Crippen LogP contribution in [0, 0.1) is 0 Å². The monoisotopic (exact) mass is 308 g/mol.